The Hall–Kier alpha value is -3.42. The number of benzene rings is 1. The van der Waals surface area contributed by atoms with Crippen LogP contribution in [0.3, 0.4) is 0 Å². The summed E-state index contributed by atoms with van der Waals surface area (Å²) in [5.74, 6) is 0.255. The van der Waals surface area contributed by atoms with Gasteiger partial charge >= 0.3 is 6.03 Å². The van der Waals surface area contributed by atoms with E-state index in [4.69, 9.17) is 4.98 Å². The highest BCUT2D eigenvalue weighted by Crippen LogP contribution is 2.40. The minimum absolute atomic E-state index is 0.0625. The van der Waals surface area contributed by atoms with Crippen molar-refractivity contribution in [2.45, 2.75) is 51.4 Å². The number of pyridine rings is 1. The molecule has 1 aromatic carbocycles. The Morgan fingerprint density at radius 1 is 0.970 bits per heavy atom. The van der Waals surface area contributed by atoms with Crippen LogP contribution in [0, 0.1) is 6.92 Å². The Kier molecular flexibility index (Phi) is 5.74. The average molecular weight is 447 g/mol. The van der Waals surface area contributed by atoms with Crippen LogP contribution >= 0.6 is 0 Å². The molecule has 3 aromatic rings. The van der Waals surface area contributed by atoms with Crippen LogP contribution in [-0.4, -0.2) is 44.7 Å². The highest BCUT2D eigenvalue weighted by atomic mass is 16.2. The summed E-state index contributed by atoms with van der Waals surface area (Å²) in [6, 6.07) is 9.11. The molecule has 0 bridgehead atoms. The summed E-state index contributed by atoms with van der Waals surface area (Å²) < 4.78 is 1.75. The second kappa shape index (κ2) is 8.84. The fraction of sp³-hybridized carbons (Fsp3) is 0.440. The van der Waals surface area contributed by atoms with Gasteiger partial charge < -0.3 is 15.5 Å². The summed E-state index contributed by atoms with van der Waals surface area (Å²) in [5.41, 5.74) is 4.49. The van der Waals surface area contributed by atoms with Gasteiger partial charge in [-0.25, -0.2) is 9.78 Å². The van der Waals surface area contributed by atoms with Gasteiger partial charge in [0, 0.05) is 43.1 Å². The second-order valence-corrected chi connectivity index (χ2v) is 9.14. The number of amides is 3. The largest absolute Gasteiger partial charge is 0.325 e. The Labute approximate surface area is 193 Å². The first-order chi connectivity index (χ1) is 16.0. The van der Waals surface area contributed by atoms with Crippen LogP contribution < -0.4 is 10.6 Å². The zero-order chi connectivity index (χ0) is 22.9. The molecule has 0 radical (unpaired) electrons. The number of nitrogens with one attached hydrogen (secondary N) is 2. The topological polar surface area (TPSA) is 92.1 Å². The Morgan fingerprint density at radius 2 is 1.61 bits per heavy atom. The molecule has 1 saturated carbocycles. The highest BCUT2D eigenvalue weighted by molar-refractivity contribution is 6.12. The smallest absolute Gasteiger partial charge is 0.321 e. The molecule has 2 fully saturated rings. The number of likely N-dealkylation sites (tertiary alicyclic amines) is 1. The van der Waals surface area contributed by atoms with Gasteiger partial charge in [-0.15, -0.1) is 0 Å². The predicted octanol–water partition coefficient (Wildman–Crippen LogP) is 4.81. The van der Waals surface area contributed by atoms with Gasteiger partial charge in [-0.05, 0) is 62.9 Å². The fourth-order valence-corrected chi connectivity index (χ4v) is 4.54. The summed E-state index contributed by atoms with van der Waals surface area (Å²) in [6.07, 6.45) is 6.70. The van der Waals surface area contributed by atoms with Crippen LogP contribution in [0.25, 0.3) is 11.0 Å². The van der Waals surface area contributed by atoms with Crippen molar-refractivity contribution in [3.63, 3.8) is 0 Å². The lowest BCUT2D eigenvalue weighted by Gasteiger charge is -2.20. The van der Waals surface area contributed by atoms with E-state index in [1.54, 1.807) is 4.68 Å². The Bertz CT molecular complexity index is 1190. The van der Waals surface area contributed by atoms with Crippen LogP contribution in [-0.2, 0) is 7.05 Å². The number of hydrogen-bond acceptors (Lipinski definition) is 4. The number of carbonyl (C=O) groups excluding carboxylic acids is 2. The SMILES string of the molecule is Cc1nn(C)c2nc(C3CC3)cc(C(=O)Nc3ccc(NC(=O)N4CCCCCC4)cc3)c12. The normalized spacial score (nSPS) is 16.5. The molecule has 8 nitrogen and oxygen atoms in total. The Balaban J connectivity index is 1.31. The molecular weight excluding hydrogens is 416 g/mol. The average Bonchev–Trinajstić information content (AvgIpc) is 3.63. The molecule has 5 rings (SSSR count). The number of aromatic nitrogens is 3. The number of fused-ring (bicyclic) bond motifs is 1. The van der Waals surface area contributed by atoms with Gasteiger partial charge in [-0.1, -0.05) is 12.8 Å². The molecule has 33 heavy (non-hydrogen) atoms. The maximum atomic E-state index is 13.2. The summed E-state index contributed by atoms with van der Waals surface area (Å²) in [7, 11) is 1.86. The molecule has 1 saturated heterocycles. The predicted molar refractivity (Wildman–Crippen MR) is 129 cm³/mol. The number of hydrogen-bond donors (Lipinski definition) is 2. The third-order valence-electron chi connectivity index (χ3n) is 6.52. The van der Waals surface area contributed by atoms with Crippen molar-refractivity contribution in [2.24, 2.45) is 7.05 Å². The van der Waals surface area contributed by atoms with Crippen molar-refractivity contribution in [1.29, 1.82) is 0 Å². The van der Waals surface area contributed by atoms with Crippen LogP contribution in [0.1, 0.15) is 66.2 Å². The third kappa shape index (κ3) is 4.55. The fourth-order valence-electron chi connectivity index (χ4n) is 4.54. The third-order valence-corrected chi connectivity index (χ3v) is 6.52. The summed E-state index contributed by atoms with van der Waals surface area (Å²) in [6.45, 7) is 3.51. The van der Waals surface area contributed by atoms with E-state index in [0.29, 0.717) is 22.9 Å². The number of nitrogens with zero attached hydrogens (tertiary/aromatic N) is 4. The van der Waals surface area contributed by atoms with Gasteiger partial charge in [0.2, 0.25) is 0 Å². The minimum Gasteiger partial charge on any atom is -0.325 e. The number of rotatable bonds is 4. The molecule has 0 atom stereocenters. The van der Waals surface area contributed by atoms with Crippen molar-refractivity contribution in [1.82, 2.24) is 19.7 Å². The molecular formula is C25H30N6O2. The van der Waals surface area contributed by atoms with Crippen molar-refractivity contribution >= 4 is 34.3 Å². The van der Waals surface area contributed by atoms with E-state index in [1.165, 1.54) is 12.8 Å². The van der Waals surface area contributed by atoms with E-state index in [1.807, 2.05) is 49.2 Å². The summed E-state index contributed by atoms with van der Waals surface area (Å²) >= 11 is 0. The molecule has 2 aromatic heterocycles. The van der Waals surface area contributed by atoms with Crippen molar-refractivity contribution in [3.8, 4) is 0 Å². The molecule has 2 N–H and O–H groups in total. The first-order valence-electron chi connectivity index (χ1n) is 11.8. The molecule has 2 aliphatic rings. The molecule has 3 amide bonds. The first kappa shape index (κ1) is 21.4. The monoisotopic (exact) mass is 446 g/mol. The van der Waals surface area contributed by atoms with Crippen molar-refractivity contribution in [3.05, 3.63) is 47.3 Å². The van der Waals surface area contributed by atoms with Crippen molar-refractivity contribution in [2.75, 3.05) is 23.7 Å². The number of aryl methyl sites for hydroxylation is 2. The molecule has 8 heteroatoms. The van der Waals surface area contributed by atoms with E-state index in [0.717, 1.165) is 61.2 Å². The minimum atomic E-state index is -0.179. The van der Waals surface area contributed by atoms with Gasteiger partial charge in [-0.3, -0.25) is 9.48 Å². The lowest BCUT2D eigenvalue weighted by Crippen LogP contribution is -2.35. The quantitative estimate of drug-likeness (QED) is 0.601. The lowest BCUT2D eigenvalue weighted by molar-refractivity contribution is 0.102. The van der Waals surface area contributed by atoms with Crippen LogP contribution in [0.2, 0.25) is 0 Å². The molecule has 0 spiro atoms. The van der Waals surface area contributed by atoms with Crippen LogP contribution in [0.5, 0.6) is 0 Å². The summed E-state index contributed by atoms with van der Waals surface area (Å²) in [5, 5.41) is 11.2. The van der Waals surface area contributed by atoms with E-state index in [9.17, 15) is 9.59 Å². The zero-order valence-corrected chi connectivity index (χ0v) is 19.2. The van der Waals surface area contributed by atoms with E-state index < -0.39 is 0 Å². The molecule has 3 heterocycles. The first-order valence-corrected chi connectivity index (χ1v) is 11.8. The Morgan fingerprint density at radius 3 is 2.24 bits per heavy atom. The van der Waals surface area contributed by atoms with Gasteiger partial charge in [0.15, 0.2) is 5.65 Å². The molecule has 172 valence electrons. The molecule has 1 aliphatic heterocycles. The number of urea groups is 1. The van der Waals surface area contributed by atoms with E-state index >= 15 is 0 Å². The van der Waals surface area contributed by atoms with E-state index in [-0.39, 0.29) is 11.9 Å². The highest BCUT2D eigenvalue weighted by Gasteiger charge is 2.28. The van der Waals surface area contributed by atoms with Gasteiger partial charge in [-0.2, -0.15) is 5.10 Å². The van der Waals surface area contributed by atoms with E-state index in [2.05, 4.69) is 15.7 Å². The van der Waals surface area contributed by atoms with Crippen molar-refractivity contribution < 1.29 is 9.59 Å². The maximum absolute atomic E-state index is 13.2. The zero-order valence-electron chi connectivity index (χ0n) is 19.2. The standard InChI is InChI=1S/C25H30N6O2/c1-16-22-20(15-21(17-7-8-17)28-23(22)30(2)29-16)24(32)26-18-9-11-19(12-10-18)27-25(33)31-13-5-3-4-6-14-31/h9-12,15,17H,3-8,13-14H2,1-2H3,(H,26,32)(H,27,33). The second-order valence-electron chi connectivity index (χ2n) is 9.14. The van der Waals surface area contributed by atoms with Crippen LogP contribution in [0.15, 0.2) is 30.3 Å². The summed E-state index contributed by atoms with van der Waals surface area (Å²) in [4.78, 5) is 32.4. The van der Waals surface area contributed by atoms with Gasteiger partial charge in [0.25, 0.3) is 5.91 Å². The number of anilines is 2. The van der Waals surface area contributed by atoms with Gasteiger partial charge in [0.05, 0.1) is 16.6 Å². The maximum Gasteiger partial charge on any atom is 0.321 e. The van der Waals surface area contributed by atoms with Crippen LogP contribution in [0.4, 0.5) is 16.2 Å². The molecule has 1 aliphatic carbocycles. The van der Waals surface area contributed by atoms with Gasteiger partial charge in [0.1, 0.15) is 0 Å². The molecule has 0 unspecified atom stereocenters. The lowest BCUT2D eigenvalue weighted by atomic mass is 10.1. The number of carbonyl (C=O) groups is 2.